The molecule has 0 aromatic heterocycles. The minimum atomic E-state index is -1.01. The number of hydrogen-bond acceptors (Lipinski definition) is 4. The van der Waals surface area contributed by atoms with Gasteiger partial charge in [0.1, 0.15) is 6.04 Å². The van der Waals surface area contributed by atoms with Crippen molar-refractivity contribution in [3.8, 4) is 0 Å². The summed E-state index contributed by atoms with van der Waals surface area (Å²) < 4.78 is 0. The van der Waals surface area contributed by atoms with Gasteiger partial charge < -0.3 is 15.7 Å². The lowest BCUT2D eigenvalue weighted by atomic mass is 10.2. The van der Waals surface area contributed by atoms with Crippen molar-refractivity contribution in [1.82, 2.24) is 10.6 Å². The zero-order valence-corrected chi connectivity index (χ0v) is 9.47. The van der Waals surface area contributed by atoms with Crippen LogP contribution in [0.1, 0.15) is 13.3 Å². The summed E-state index contributed by atoms with van der Waals surface area (Å²) in [5, 5.41) is 14.3. The fourth-order valence-corrected chi connectivity index (χ4v) is 2.29. The number of carboxylic acids is 1. The van der Waals surface area contributed by atoms with Gasteiger partial charge in [-0.15, -0.1) is 0 Å². The van der Waals surface area contributed by atoms with E-state index in [-0.39, 0.29) is 11.9 Å². The summed E-state index contributed by atoms with van der Waals surface area (Å²) in [5.74, 6) is 0.776. The lowest BCUT2D eigenvalue weighted by Crippen LogP contribution is -2.44. The highest BCUT2D eigenvalue weighted by atomic mass is 32.2. The number of aliphatic carboxylic acids is 1. The number of thioether (sulfide) groups is 1. The molecular weight excluding hydrogens is 216 g/mol. The molecule has 0 aromatic carbocycles. The second-order valence-electron chi connectivity index (χ2n) is 3.56. The third-order valence-corrected chi connectivity index (χ3v) is 3.31. The lowest BCUT2D eigenvalue weighted by molar-refractivity contribution is -0.141. The van der Waals surface area contributed by atoms with E-state index in [9.17, 15) is 9.59 Å². The van der Waals surface area contributed by atoms with Crippen molar-refractivity contribution < 1.29 is 14.7 Å². The normalized spacial score (nSPS) is 23.1. The van der Waals surface area contributed by atoms with Crippen molar-refractivity contribution in [2.45, 2.75) is 25.4 Å². The molecule has 1 fully saturated rings. The van der Waals surface area contributed by atoms with Crippen LogP contribution in [0.3, 0.4) is 0 Å². The molecule has 1 amide bonds. The highest BCUT2D eigenvalue weighted by Gasteiger charge is 2.19. The maximum Gasteiger partial charge on any atom is 0.325 e. The zero-order valence-electron chi connectivity index (χ0n) is 8.66. The molecule has 0 bridgehead atoms. The number of amides is 1. The molecule has 3 N–H and O–H groups in total. The molecule has 1 aliphatic heterocycles. The first-order valence-electron chi connectivity index (χ1n) is 4.93. The standard InChI is InChI=1S/C9H16N2O3S/c1-6(9(13)14)11-8(12)4-7-5-15-3-2-10-7/h6-7,10H,2-5H2,1H3,(H,11,12)(H,13,14). The number of carboxylic acid groups (broad SMARTS) is 1. The van der Waals surface area contributed by atoms with Crippen LogP contribution in [0.4, 0.5) is 0 Å². The average Bonchev–Trinajstić information content (AvgIpc) is 2.18. The van der Waals surface area contributed by atoms with Crippen molar-refractivity contribution in [3.05, 3.63) is 0 Å². The summed E-state index contributed by atoms with van der Waals surface area (Å²) in [5.41, 5.74) is 0. The largest absolute Gasteiger partial charge is 0.480 e. The van der Waals surface area contributed by atoms with Crippen LogP contribution < -0.4 is 10.6 Å². The van der Waals surface area contributed by atoms with Gasteiger partial charge in [0, 0.05) is 30.5 Å². The maximum absolute atomic E-state index is 11.4. The first kappa shape index (κ1) is 12.3. The molecule has 86 valence electrons. The van der Waals surface area contributed by atoms with Crippen molar-refractivity contribution in [2.75, 3.05) is 18.1 Å². The summed E-state index contributed by atoms with van der Waals surface area (Å²) >= 11 is 1.81. The number of rotatable bonds is 4. The van der Waals surface area contributed by atoms with E-state index in [2.05, 4.69) is 10.6 Å². The van der Waals surface area contributed by atoms with Gasteiger partial charge in [0.05, 0.1) is 0 Å². The van der Waals surface area contributed by atoms with Crippen molar-refractivity contribution in [2.24, 2.45) is 0 Å². The van der Waals surface area contributed by atoms with Crippen LogP contribution in [0.5, 0.6) is 0 Å². The fraction of sp³-hybridized carbons (Fsp3) is 0.778. The Bertz CT molecular complexity index is 242. The Labute approximate surface area is 93.0 Å². The first-order chi connectivity index (χ1) is 7.09. The van der Waals surface area contributed by atoms with Crippen molar-refractivity contribution >= 4 is 23.6 Å². The second-order valence-corrected chi connectivity index (χ2v) is 4.71. The number of carbonyl (C=O) groups is 2. The second kappa shape index (κ2) is 5.97. The fourth-order valence-electron chi connectivity index (χ4n) is 1.34. The van der Waals surface area contributed by atoms with Gasteiger partial charge in [0.15, 0.2) is 0 Å². The molecule has 0 saturated carbocycles. The third kappa shape index (κ3) is 4.53. The van der Waals surface area contributed by atoms with Gasteiger partial charge in [-0.3, -0.25) is 9.59 Å². The van der Waals surface area contributed by atoms with Crippen LogP contribution in [0.25, 0.3) is 0 Å². The van der Waals surface area contributed by atoms with Crippen molar-refractivity contribution in [3.63, 3.8) is 0 Å². The van der Waals surface area contributed by atoms with E-state index in [0.29, 0.717) is 6.42 Å². The molecule has 1 saturated heterocycles. The predicted octanol–water partition coefficient (Wildman–Crippen LogP) is -0.329. The molecule has 1 aliphatic rings. The van der Waals surface area contributed by atoms with Crippen LogP contribution in [0.2, 0.25) is 0 Å². The van der Waals surface area contributed by atoms with Gasteiger partial charge in [-0.25, -0.2) is 0 Å². The molecule has 0 spiro atoms. The Hall–Kier alpha value is -0.750. The summed E-state index contributed by atoms with van der Waals surface area (Å²) in [6, 6.07) is -0.640. The van der Waals surface area contributed by atoms with Gasteiger partial charge in [0.25, 0.3) is 0 Å². The predicted molar refractivity (Wildman–Crippen MR) is 59.0 cm³/mol. The number of carbonyl (C=O) groups excluding carboxylic acids is 1. The molecule has 1 rings (SSSR count). The van der Waals surface area contributed by atoms with E-state index in [0.717, 1.165) is 18.1 Å². The highest BCUT2D eigenvalue weighted by Crippen LogP contribution is 2.09. The van der Waals surface area contributed by atoms with Gasteiger partial charge in [0.2, 0.25) is 5.91 Å². The molecule has 2 unspecified atom stereocenters. The Balaban J connectivity index is 2.25. The van der Waals surface area contributed by atoms with Gasteiger partial charge in [-0.1, -0.05) is 0 Å². The molecule has 1 heterocycles. The number of hydrogen-bond donors (Lipinski definition) is 3. The molecule has 0 radical (unpaired) electrons. The number of nitrogens with one attached hydrogen (secondary N) is 2. The van der Waals surface area contributed by atoms with Crippen LogP contribution in [0.15, 0.2) is 0 Å². The summed E-state index contributed by atoms with van der Waals surface area (Å²) in [7, 11) is 0. The summed E-state index contributed by atoms with van der Waals surface area (Å²) in [6.07, 6.45) is 0.352. The zero-order chi connectivity index (χ0) is 11.3. The van der Waals surface area contributed by atoms with Gasteiger partial charge in [-0.2, -0.15) is 11.8 Å². The molecule has 0 aromatic rings. The summed E-state index contributed by atoms with van der Waals surface area (Å²) in [4.78, 5) is 21.9. The Morgan fingerprint density at radius 1 is 1.67 bits per heavy atom. The highest BCUT2D eigenvalue weighted by molar-refractivity contribution is 7.99. The Morgan fingerprint density at radius 2 is 2.40 bits per heavy atom. The van der Waals surface area contributed by atoms with Crippen LogP contribution in [-0.4, -0.2) is 47.1 Å². The van der Waals surface area contributed by atoms with Gasteiger partial charge in [-0.05, 0) is 6.92 Å². The molecule has 5 nitrogen and oxygen atoms in total. The quantitative estimate of drug-likeness (QED) is 0.618. The van der Waals surface area contributed by atoms with Crippen LogP contribution >= 0.6 is 11.8 Å². The van der Waals surface area contributed by atoms with Crippen LogP contribution in [-0.2, 0) is 9.59 Å². The SMILES string of the molecule is CC(NC(=O)CC1CSCCN1)C(=O)O. The monoisotopic (exact) mass is 232 g/mol. The minimum absolute atomic E-state index is 0.171. The lowest BCUT2D eigenvalue weighted by Gasteiger charge is -2.22. The van der Waals surface area contributed by atoms with E-state index in [1.165, 1.54) is 6.92 Å². The topological polar surface area (TPSA) is 78.4 Å². The Kier molecular flexibility index (Phi) is 4.90. The minimum Gasteiger partial charge on any atom is -0.480 e. The van der Waals surface area contributed by atoms with E-state index in [1.807, 2.05) is 11.8 Å². The first-order valence-corrected chi connectivity index (χ1v) is 6.08. The van der Waals surface area contributed by atoms with E-state index < -0.39 is 12.0 Å². The van der Waals surface area contributed by atoms with Crippen LogP contribution in [0, 0.1) is 0 Å². The molecular formula is C9H16N2O3S. The Morgan fingerprint density at radius 3 is 2.93 bits per heavy atom. The maximum atomic E-state index is 11.4. The third-order valence-electron chi connectivity index (χ3n) is 2.18. The van der Waals surface area contributed by atoms with E-state index in [1.54, 1.807) is 0 Å². The average molecular weight is 232 g/mol. The molecule has 6 heteroatoms. The van der Waals surface area contributed by atoms with E-state index >= 15 is 0 Å². The van der Waals surface area contributed by atoms with Gasteiger partial charge >= 0.3 is 5.97 Å². The van der Waals surface area contributed by atoms with Crippen molar-refractivity contribution in [1.29, 1.82) is 0 Å². The smallest absolute Gasteiger partial charge is 0.325 e. The van der Waals surface area contributed by atoms with E-state index in [4.69, 9.17) is 5.11 Å². The molecule has 0 aliphatic carbocycles. The molecule has 15 heavy (non-hydrogen) atoms. The summed E-state index contributed by atoms with van der Waals surface area (Å²) in [6.45, 7) is 2.38. The molecule has 2 atom stereocenters.